The third-order valence-corrected chi connectivity index (χ3v) is 10.3. The van der Waals surface area contributed by atoms with Crippen LogP contribution in [-0.4, -0.2) is 59.5 Å². The topological polar surface area (TPSA) is 72.3 Å². The Balaban J connectivity index is 1.23. The van der Waals surface area contributed by atoms with Gasteiger partial charge in [-0.05, 0) is 105 Å². The Bertz CT molecular complexity index is 1600. The highest BCUT2D eigenvalue weighted by Crippen LogP contribution is 2.50. The maximum absolute atomic E-state index is 14.3. The first kappa shape index (κ1) is 26.2. The van der Waals surface area contributed by atoms with Crippen molar-refractivity contribution in [2.24, 2.45) is 0 Å². The summed E-state index contributed by atoms with van der Waals surface area (Å²) in [6, 6.07) is 22.6. The first-order valence-corrected chi connectivity index (χ1v) is 15.8. The zero-order valence-corrected chi connectivity index (χ0v) is 24.1. The number of carbonyl (C=O) groups excluding carboxylic acids is 1. The number of benzene rings is 2. The number of hydrogen-bond donors (Lipinski definition) is 1. The van der Waals surface area contributed by atoms with Gasteiger partial charge in [0.05, 0.1) is 22.7 Å². The molecule has 0 unspecified atom stereocenters. The van der Waals surface area contributed by atoms with Gasteiger partial charge in [0.1, 0.15) is 5.82 Å². The Labute approximate surface area is 245 Å². The van der Waals surface area contributed by atoms with Crippen LogP contribution in [0.5, 0.6) is 0 Å². The molecule has 7 rings (SSSR count). The van der Waals surface area contributed by atoms with Crippen LogP contribution in [0.1, 0.15) is 59.3 Å². The Morgan fingerprint density at radius 1 is 1.02 bits per heavy atom. The lowest BCUT2D eigenvalue weighted by molar-refractivity contribution is 0.0710. The minimum Gasteiger partial charge on any atom is -0.369 e. The number of rotatable bonds is 8. The van der Waals surface area contributed by atoms with Crippen molar-refractivity contribution < 1.29 is 4.79 Å². The Morgan fingerprint density at radius 2 is 1.83 bits per heavy atom. The molecule has 2 aromatic carbocycles. The van der Waals surface area contributed by atoms with Crippen molar-refractivity contribution >= 4 is 34.0 Å². The van der Waals surface area contributed by atoms with Gasteiger partial charge in [0.15, 0.2) is 0 Å². The molecule has 208 valence electrons. The van der Waals surface area contributed by atoms with Crippen molar-refractivity contribution in [2.45, 2.75) is 50.0 Å². The highest BCUT2D eigenvalue weighted by Gasteiger charge is 2.45. The fourth-order valence-electron chi connectivity index (χ4n) is 6.62. The number of hydrogen-bond acceptors (Lipinski definition) is 6. The van der Waals surface area contributed by atoms with E-state index in [1.54, 1.807) is 0 Å². The van der Waals surface area contributed by atoms with E-state index < -0.39 is 0 Å². The molecule has 6 nitrogen and oxygen atoms in total. The van der Waals surface area contributed by atoms with Crippen LogP contribution >= 0.6 is 11.3 Å². The van der Waals surface area contributed by atoms with Gasteiger partial charge in [-0.25, -0.2) is 4.98 Å². The molecule has 41 heavy (non-hydrogen) atoms. The lowest BCUT2D eigenvalue weighted by Gasteiger charge is -2.29. The fraction of sp³-hybridized carbons (Fsp3) is 0.382. The number of pyridine rings is 1. The van der Waals surface area contributed by atoms with Crippen molar-refractivity contribution in [1.82, 2.24) is 14.8 Å². The van der Waals surface area contributed by atoms with Crippen LogP contribution in [0, 0.1) is 11.3 Å². The molecule has 1 saturated carbocycles. The molecule has 0 bridgehead atoms. The van der Waals surface area contributed by atoms with E-state index in [0.717, 1.165) is 79.0 Å². The number of nitrogens with zero attached hydrogens (tertiary/aromatic N) is 4. The normalized spacial score (nSPS) is 19.9. The Morgan fingerprint density at radius 3 is 2.56 bits per heavy atom. The summed E-state index contributed by atoms with van der Waals surface area (Å²) in [7, 11) is 0. The average molecular weight is 562 g/mol. The van der Waals surface area contributed by atoms with E-state index >= 15 is 0 Å². The maximum Gasteiger partial charge on any atom is 0.254 e. The van der Waals surface area contributed by atoms with Crippen molar-refractivity contribution in [1.29, 1.82) is 5.26 Å². The van der Waals surface area contributed by atoms with E-state index in [1.807, 2.05) is 47.7 Å². The summed E-state index contributed by atoms with van der Waals surface area (Å²) in [4.78, 5) is 25.4. The van der Waals surface area contributed by atoms with E-state index in [2.05, 4.69) is 50.8 Å². The third kappa shape index (κ3) is 5.23. The first-order valence-electron chi connectivity index (χ1n) is 14.9. The molecule has 2 saturated heterocycles. The van der Waals surface area contributed by atoms with Crippen LogP contribution in [0.2, 0.25) is 0 Å². The van der Waals surface area contributed by atoms with Gasteiger partial charge >= 0.3 is 0 Å². The number of thiophene rings is 1. The van der Waals surface area contributed by atoms with Crippen LogP contribution < -0.4 is 5.32 Å². The minimum atomic E-state index is 0.110. The monoisotopic (exact) mass is 561 g/mol. The summed E-state index contributed by atoms with van der Waals surface area (Å²) in [5.41, 5.74) is 4.41. The summed E-state index contributed by atoms with van der Waals surface area (Å²) in [6.45, 7) is 4.89. The predicted molar refractivity (Wildman–Crippen MR) is 165 cm³/mol. The first-order chi connectivity index (χ1) is 20.1. The molecule has 1 aliphatic carbocycles. The number of nitrogens with one attached hydrogen (secondary N) is 1. The van der Waals surface area contributed by atoms with Crippen molar-refractivity contribution in [2.75, 3.05) is 38.0 Å². The van der Waals surface area contributed by atoms with Gasteiger partial charge in [0.2, 0.25) is 0 Å². The molecule has 4 aromatic rings. The fourth-order valence-corrected chi connectivity index (χ4v) is 7.61. The second-order valence-corrected chi connectivity index (χ2v) is 12.8. The summed E-state index contributed by atoms with van der Waals surface area (Å²) < 4.78 is 0. The van der Waals surface area contributed by atoms with Gasteiger partial charge in [-0.3, -0.25) is 4.79 Å². The van der Waals surface area contributed by atoms with E-state index in [-0.39, 0.29) is 17.4 Å². The van der Waals surface area contributed by atoms with Gasteiger partial charge in [0, 0.05) is 41.4 Å². The lowest BCUT2D eigenvalue weighted by Crippen LogP contribution is -2.42. The highest BCUT2D eigenvalue weighted by atomic mass is 32.1. The molecule has 0 spiro atoms. The number of nitriles is 1. The molecule has 1 atom stereocenters. The molecular formula is C34H35N5OS. The van der Waals surface area contributed by atoms with Crippen LogP contribution in [0.15, 0.2) is 66.0 Å². The second kappa shape index (κ2) is 10.9. The summed E-state index contributed by atoms with van der Waals surface area (Å²) in [6.07, 6.45) is 7.00. The molecule has 4 heterocycles. The largest absolute Gasteiger partial charge is 0.369 e. The number of aromatic nitrogens is 1. The molecule has 2 aliphatic heterocycles. The molecular weight excluding hydrogens is 526 g/mol. The smallest absolute Gasteiger partial charge is 0.254 e. The van der Waals surface area contributed by atoms with Gasteiger partial charge < -0.3 is 15.1 Å². The summed E-state index contributed by atoms with van der Waals surface area (Å²) in [5, 5.41) is 15.9. The molecule has 1 amide bonds. The lowest BCUT2D eigenvalue weighted by atomic mass is 9.99. The zero-order valence-electron chi connectivity index (χ0n) is 23.3. The van der Waals surface area contributed by atoms with Crippen LogP contribution in [0.25, 0.3) is 22.0 Å². The van der Waals surface area contributed by atoms with E-state index in [9.17, 15) is 10.1 Å². The predicted octanol–water partition coefficient (Wildman–Crippen LogP) is 6.68. The van der Waals surface area contributed by atoms with Crippen molar-refractivity contribution in [3.63, 3.8) is 0 Å². The molecule has 0 radical (unpaired) electrons. The maximum atomic E-state index is 14.3. The van der Waals surface area contributed by atoms with Crippen LogP contribution in [-0.2, 0) is 5.41 Å². The third-order valence-electron chi connectivity index (χ3n) is 9.20. The Kier molecular flexibility index (Phi) is 6.98. The standard InChI is InChI=1S/C34H35N5OS/c35-21-24-7-9-25(10-8-24)26-11-12-30-28(19-26)29(33(40)39-17-3-5-27(39)22-38-15-1-2-16-38)20-32(37-30)36-23-34(13-14-34)31-6-4-18-41-31/h4,6-12,18-20,27H,1-3,5,13-17,22-23H2,(H,36,37)/t27-/m0/s1. The molecule has 1 N–H and O–H groups in total. The van der Waals surface area contributed by atoms with Crippen LogP contribution in [0.4, 0.5) is 5.82 Å². The van der Waals surface area contributed by atoms with Gasteiger partial charge in [-0.1, -0.05) is 24.3 Å². The molecule has 3 fully saturated rings. The number of anilines is 1. The van der Waals surface area contributed by atoms with Crippen molar-refractivity contribution in [3.8, 4) is 17.2 Å². The van der Waals surface area contributed by atoms with Crippen LogP contribution in [0.3, 0.4) is 0 Å². The summed E-state index contributed by atoms with van der Waals surface area (Å²) in [5.74, 6) is 0.878. The quantitative estimate of drug-likeness (QED) is 0.260. The van der Waals surface area contributed by atoms with E-state index in [1.165, 1.54) is 30.6 Å². The van der Waals surface area contributed by atoms with Crippen molar-refractivity contribution in [3.05, 3.63) is 82.0 Å². The zero-order chi connectivity index (χ0) is 27.8. The Hall–Kier alpha value is -3.73. The average Bonchev–Trinajstić information content (AvgIpc) is 3.45. The second-order valence-electron chi connectivity index (χ2n) is 11.9. The highest BCUT2D eigenvalue weighted by molar-refractivity contribution is 7.10. The van der Waals surface area contributed by atoms with E-state index in [0.29, 0.717) is 5.56 Å². The number of fused-ring (bicyclic) bond motifs is 1. The number of carbonyl (C=O) groups is 1. The molecule has 3 aliphatic rings. The number of likely N-dealkylation sites (tertiary alicyclic amines) is 2. The SMILES string of the molecule is N#Cc1ccc(-c2ccc3nc(NCC4(c5cccs5)CC4)cc(C(=O)N4CCC[C@H]4CN4CCCC4)c3c2)cc1. The summed E-state index contributed by atoms with van der Waals surface area (Å²) >= 11 is 1.83. The van der Waals surface area contributed by atoms with Gasteiger partial charge in [-0.15, -0.1) is 11.3 Å². The number of amides is 1. The van der Waals surface area contributed by atoms with Gasteiger partial charge in [-0.2, -0.15) is 5.26 Å². The molecule has 2 aromatic heterocycles. The minimum absolute atomic E-state index is 0.110. The van der Waals surface area contributed by atoms with Gasteiger partial charge in [0.25, 0.3) is 5.91 Å². The molecule has 7 heteroatoms. The van der Waals surface area contributed by atoms with E-state index in [4.69, 9.17) is 4.98 Å².